The quantitative estimate of drug-likeness (QED) is 0.813. The van der Waals surface area contributed by atoms with Gasteiger partial charge in [0.05, 0.1) is 0 Å². The van der Waals surface area contributed by atoms with Crippen LogP contribution in [-0.4, -0.2) is 25.3 Å². The van der Waals surface area contributed by atoms with Gasteiger partial charge in [0.1, 0.15) is 6.61 Å². The summed E-state index contributed by atoms with van der Waals surface area (Å²) in [4.78, 5) is 4.14. The predicted octanol–water partition coefficient (Wildman–Crippen LogP) is 2.43. The van der Waals surface area contributed by atoms with Crippen LogP contribution >= 0.6 is 0 Å². The molecule has 4 nitrogen and oxygen atoms in total. The fraction of sp³-hybridized carbons (Fsp3) is 0.353. The molecule has 114 valence electrons. The van der Waals surface area contributed by atoms with Gasteiger partial charge >= 0.3 is 7.12 Å². The van der Waals surface area contributed by atoms with E-state index in [0.717, 1.165) is 11.0 Å². The molecule has 0 spiro atoms. The second kappa shape index (κ2) is 6.50. The topological polar surface area (TPSA) is 40.6 Å². The molecule has 0 bridgehead atoms. The zero-order valence-corrected chi connectivity index (χ0v) is 13.0. The average Bonchev–Trinajstić information content (AvgIpc) is 2.55. The second-order valence-electron chi connectivity index (χ2n) is 6.32. The molecule has 0 N–H and O–H groups in total. The molecule has 0 saturated carbocycles. The van der Waals surface area contributed by atoms with Crippen LogP contribution in [0, 0.1) is 5.41 Å². The number of nitrogens with zero attached hydrogens (tertiary/aromatic N) is 1. The van der Waals surface area contributed by atoms with Crippen molar-refractivity contribution in [3.63, 3.8) is 0 Å². The Morgan fingerprint density at radius 1 is 1.09 bits per heavy atom. The third-order valence-electron chi connectivity index (χ3n) is 3.53. The fourth-order valence-electron chi connectivity index (χ4n) is 2.25. The maximum atomic E-state index is 5.78. The van der Waals surface area contributed by atoms with Crippen molar-refractivity contribution in [2.45, 2.75) is 20.5 Å². The first-order valence-corrected chi connectivity index (χ1v) is 7.48. The summed E-state index contributed by atoms with van der Waals surface area (Å²) >= 11 is 0. The van der Waals surface area contributed by atoms with Crippen LogP contribution in [0.15, 0.2) is 48.7 Å². The first-order chi connectivity index (χ1) is 10.6. The lowest BCUT2D eigenvalue weighted by molar-refractivity contribution is 0.0343. The third kappa shape index (κ3) is 3.87. The van der Waals surface area contributed by atoms with E-state index in [0.29, 0.717) is 25.7 Å². The Balaban J connectivity index is 1.56. The van der Waals surface area contributed by atoms with E-state index in [-0.39, 0.29) is 12.5 Å². The molecule has 1 saturated heterocycles. The van der Waals surface area contributed by atoms with Gasteiger partial charge in [-0.2, -0.15) is 0 Å². The third-order valence-corrected chi connectivity index (χ3v) is 3.53. The minimum absolute atomic E-state index is 0.0902. The van der Waals surface area contributed by atoms with E-state index in [1.54, 1.807) is 6.20 Å². The minimum Gasteiger partial charge on any atom is -0.473 e. The molecule has 3 rings (SSSR count). The molecule has 1 aromatic heterocycles. The Kier molecular flexibility index (Phi) is 4.45. The van der Waals surface area contributed by atoms with E-state index in [4.69, 9.17) is 14.0 Å². The zero-order chi connectivity index (χ0) is 15.4. The lowest BCUT2D eigenvalue weighted by atomic mass is 9.76. The van der Waals surface area contributed by atoms with Crippen molar-refractivity contribution in [1.82, 2.24) is 4.98 Å². The summed E-state index contributed by atoms with van der Waals surface area (Å²) in [7, 11) is -0.265. The second-order valence-corrected chi connectivity index (χ2v) is 6.32. The van der Waals surface area contributed by atoms with Crippen LogP contribution in [-0.2, 0) is 15.9 Å². The Morgan fingerprint density at radius 3 is 2.45 bits per heavy atom. The van der Waals surface area contributed by atoms with Crippen molar-refractivity contribution in [3.8, 4) is 5.88 Å². The van der Waals surface area contributed by atoms with Gasteiger partial charge in [-0.05, 0) is 17.1 Å². The van der Waals surface area contributed by atoms with Crippen LogP contribution in [0.25, 0.3) is 0 Å². The minimum atomic E-state index is -0.265. The molecular formula is C17H20BNO3. The van der Waals surface area contributed by atoms with Crippen LogP contribution in [0.4, 0.5) is 0 Å². The highest BCUT2D eigenvalue weighted by molar-refractivity contribution is 6.61. The van der Waals surface area contributed by atoms with E-state index < -0.39 is 0 Å². The Morgan fingerprint density at radius 2 is 1.82 bits per heavy atom. The van der Waals surface area contributed by atoms with Crippen LogP contribution in [0.1, 0.15) is 19.4 Å². The fourth-order valence-corrected chi connectivity index (χ4v) is 2.25. The highest BCUT2D eigenvalue weighted by atomic mass is 16.6. The van der Waals surface area contributed by atoms with E-state index in [2.05, 4.69) is 18.8 Å². The molecule has 0 unspecified atom stereocenters. The normalized spacial score (nSPS) is 17.3. The van der Waals surface area contributed by atoms with Crippen LogP contribution in [0.2, 0.25) is 0 Å². The molecule has 1 aliphatic heterocycles. The summed E-state index contributed by atoms with van der Waals surface area (Å²) in [5.41, 5.74) is 2.22. The first-order valence-electron chi connectivity index (χ1n) is 7.48. The van der Waals surface area contributed by atoms with E-state index in [9.17, 15) is 0 Å². The molecule has 2 heterocycles. The number of ether oxygens (including phenoxy) is 1. The maximum Gasteiger partial charge on any atom is 0.493 e. The molecule has 1 aromatic carbocycles. The average molecular weight is 297 g/mol. The SMILES string of the molecule is CC1(C)COB(c2ccc(COc3ccccn3)cc2)OC1. The summed E-state index contributed by atoms with van der Waals surface area (Å²) < 4.78 is 17.2. The molecular weight excluding hydrogens is 277 g/mol. The number of hydrogen-bond donors (Lipinski definition) is 0. The first kappa shape index (κ1) is 15.1. The molecule has 0 amide bonds. The van der Waals surface area contributed by atoms with E-state index in [1.165, 1.54) is 0 Å². The Labute approximate surface area is 131 Å². The molecule has 5 heteroatoms. The number of benzene rings is 1. The van der Waals surface area contributed by atoms with Gasteiger partial charge in [-0.3, -0.25) is 0 Å². The monoisotopic (exact) mass is 297 g/mol. The van der Waals surface area contributed by atoms with E-state index >= 15 is 0 Å². The van der Waals surface area contributed by atoms with Crippen molar-refractivity contribution in [1.29, 1.82) is 0 Å². The molecule has 1 aliphatic rings. The molecule has 1 fully saturated rings. The van der Waals surface area contributed by atoms with Gasteiger partial charge in [0, 0.05) is 30.9 Å². The highest BCUT2D eigenvalue weighted by Crippen LogP contribution is 2.21. The van der Waals surface area contributed by atoms with Crippen molar-refractivity contribution in [2.24, 2.45) is 5.41 Å². The van der Waals surface area contributed by atoms with Gasteiger partial charge < -0.3 is 14.0 Å². The smallest absolute Gasteiger partial charge is 0.473 e. The Hall–Kier alpha value is -1.85. The lowest BCUT2D eigenvalue weighted by Crippen LogP contribution is -2.47. The van der Waals surface area contributed by atoms with Gasteiger partial charge in [0.15, 0.2) is 0 Å². The molecule has 2 aromatic rings. The Bertz CT molecular complexity index is 591. The summed E-state index contributed by atoms with van der Waals surface area (Å²) in [5.74, 6) is 0.632. The van der Waals surface area contributed by atoms with Crippen molar-refractivity contribution in [2.75, 3.05) is 13.2 Å². The van der Waals surface area contributed by atoms with Crippen LogP contribution in [0.5, 0.6) is 5.88 Å². The van der Waals surface area contributed by atoms with Gasteiger partial charge in [-0.25, -0.2) is 4.98 Å². The lowest BCUT2D eigenvalue weighted by Gasteiger charge is -2.33. The largest absolute Gasteiger partial charge is 0.493 e. The highest BCUT2D eigenvalue weighted by Gasteiger charge is 2.33. The summed E-state index contributed by atoms with van der Waals surface area (Å²) in [6, 6.07) is 13.7. The van der Waals surface area contributed by atoms with Crippen molar-refractivity contribution in [3.05, 3.63) is 54.2 Å². The molecule has 0 aliphatic carbocycles. The van der Waals surface area contributed by atoms with Gasteiger partial charge in [-0.15, -0.1) is 0 Å². The molecule has 22 heavy (non-hydrogen) atoms. The van der Waals surface area contributed by atoms with Crippen LogP contribution in [0.3, 0.4) is 0 Å². The van der Waals surface area contributed by atoms with Crippen molar-refractivity contribution < 1.29 is 14.0 Å². The molecule has 0 atom stereocenters. The van der Waals surface area contributed by atoms with Gasteiger partial charge in [-0.1, -0.05) is 44.2 Å². The summed E-state index contributed by atoms with van der Waals surface area (Å²) in [5, 5.41) is 0. The summed E-state index contributed by atoms with van der Waals surface area (Å²) in [6.45, 7) is 6.20. The predicted molar refractivity (Wildman–Crippen MR) is 86.1 cm³/mol. The number of rotatable bonds is 4. The molecule has 0 radical (unpaired) electrons. The van der Waals surface area contributed by atoms with Gasteiger partial charge in [0.2, 0.25) is 5.88 Å². The van der Waals surface area contributed by atoms with Crippen LogP contribution < -0.4 is 10.2 Å². The maximum absolute atomic E-state index is 5.78. The number of aromatic nitrogens is 1. The zero-order valence-electron chi connectivity index (χ0n) is 13.0. The number of hydrogen-bond acceptors (Lipinski definition) is 4. The van der Waals surface area contributed by atoms with E-state index in [1.807, 2.05) is 42.5 Å². The van der Waals surface area contributed by atoms with Crippen molar-refractivity contribution >= 4 is 12.6 Å². The number of pyridine rings is 1. The summed E-state index contributed by atoms with van der Waals surface area (Å²) in [6.07, 6.45) is 1.72. The standard InChI is InChI=1S/C17H20BNO3/c1-17(2)12-21-18(22-13-17)15-8-6-14(7-9-15)11-20-16-5-3-4-10-19-16/h3-10H,11-13H2,1-2H3. The van der Waals surface area contributed by atoms with Gasteiger partial charge in [0.25, 0.3) is 0 Å².